The molecule has 0 saturated carbocycles. The van der Waals surface area contributed by atoms with E-state index < -0.39 is 5.97 Å². The number of nitrogens with zero attached hydrogens (tertiary/aromatic N) is 4. The van der Waals surface area contributed by atoms with E-state index in [9.17, 15) is 9.59 Å². The van der Waals surface area contributed by atoms with Crippen molar-refractivity contribution in [1.29, 1.82) is 0 Å². The normalized spacial score (nSPS) is 18.7. The van der Waals surface area contributed by atoms with E-state index in [4.69, 9.17) is 14.7 Å². The van der Waals surface area contributed by atoms with Gasteiger partial charge in [-0.05, 0) is 55.2 Å². The van der Waals surface area contributed by atoms with Gasteiger partial charge in [0.25, 0.3) is 0 Å². The Kier molecular flexibility index (Phi) is 7.57. The van der Waals surface area contributed by atoms with Gasteiger partial charge in [0.15, 0.2) is 0 Å². The summed E-state index contributed by atoms with van der Waals surface area (Å²) in [6, 6.07) is 20.4. The van der Waals surface area contributed by atoms with Gasteiger partial charge in [-0.25, -0.2) is 19.6 Å². The number of carbonyl (C=O) groups is 2. The molecule has 2 aliphatic heterocycles. The first-order valence-electron chi connectivity index (χ1n) is 12.8. The molecular weight excluding hydrogens is 484 g/mol. The molecule has 1 atom stereocenters. The summed E-state index contributed by atoms with van der Waals surface area (Å²) in [6.45, 7) is 5.05. The summed E-state index contributed by atoms with van der Waals surface area (Å²) in [5, 5.41) is 10.5. The summed E-state index contributed by atoms with van der Waals surface area (Å²) in [4.78, 5) is 38.5. The highest BCUT2D eigenvalue weighted by Crippen LogP contribution is 2.35. The van der Waals surface area contributed by atoms with Crippen LogP contribution in [0.3, 0.4) is 0 Å². The first-order valence-corrected chi connectivity index (χ1v) is 12.8. The van der Waals surface area contributed by atoms with Gasteiger partial charge < -0.3 is 14.7 Å². The summed E-state index contributed by atoms with van der Waals surface area (Å²) in [5.74, 6) is 0.0307. The third-order valence-corrected chi connectivity index (χ3v) is 7.35. The first kappa shape index (κ1) is 25.7. The lowest BCUT2D eigenvalue weighted by Crippen LogP contribution is -2.47. The van der Waals surface area contributed by atoms with Crippen LogP contribution in [0.5, 0.6) is 11.6 Å². The largest absolute Gasteiger partial charge is 0.478 e. The van der Waals surface area contributed by atoms with E-state index in [-0.39, 0.29) is 23.7 Å². The van der Waals surface area contributed by atoms with Crippen LogP contribution >= 0.6 is 0 Å². The van der Waals surface area contributed by atoms with Gasteiger partial charge in [-0.3, -0.25) is 9.74 Å². The molecule has 1 aromatic heterocycles. The van der Waals surface area contributed by atoms with Crippen molar-refractivity contribution in [3.8, 4) is 11.6 Å². The Balaban J connectivity index is 1.19. The number of pyridine rings is 1. The molecule has 2 saturated heterocycles. The third kappa shape index (κ3) is 5.49. The van der Waals surface area contributed by atoms with E-state index in [1.807, 2.05) is 42.2 Å². The van der Waals surface area contributed by atoms with Crippen molar-refractivity contribution < 1.29 is 24.3 Å². The molecule has 0 aliphatic carbocycles. The van der Waals surface area contributed by atoms with Crippen LogP contribution in [0.15, 0.2) is 66.7 Å². The topological polar surface area (TPSA) is 95.4 Å². The zero-order valence-corrected chi connectivity index (χ0v) is 21.6. The van der Waals surface area contributed by atoms with Crippen molar-refractivity contribution >= 4 is 12.0 Å². The maximum atomic E-state index is 13.1. The summed E-state index contributed by atoms with van der Waals surface area (Å²) < 4.78 is 5.82. The monoisotopic (exact) mass is 516 g/mol. The van der Waals surface area contributed by atoms with Crippen LogP contribution in [0.25, 0.3) is 0 Å². The predicted octanol–water partition coefficient (Wildman–Crippen LogP) is 4.89. The quantitative estimate of drug-likeness (QED) is 0.456. The number of amides is 2. The fraction of sp³-hybridized carbons (Fsp3) is 0.345. The number of aryl methyl sites for hydroxylation is 1. The van der Waals surface area contributed by atoms with Crippen LogP contribution in [-0.2, 0) is 11.4 Å². The zero-order chi connectivity index (χ0) is 26.6. The Morgan fingerprint density at radius 1 is 1.03 bits per heavy atom. The van der Waals surface area contributed by atoms with Crippen molar-refractivity contribution in [1.82, 2.24) is 19.8 Å². The Bertz CT molecular complexity index is 1280. The molecule has 9 nitrogen and oxygen atoms in total. The number of hydrogen-bond donors (Lipinski definition) is 1. The molecule has 2 fully saturated rings. The molecule has 2 amide bonds. The van der Waals surface area contributed by atoms with Gasteiger partial charge >= 0.3 is 12.0 Å². The van der Waals surface area contributed by atoms with E-state index in [2.05, 4.69) is 22.0 Å². The SMILES string of the molecule is CON1C[C@@H](c2ccccc2)N(C2CCN(Cc3ccc(Oc4ccc(C(=O)O)cc4)nc3C)CC2)C1=O. The molecule has 198 valence electrons. The molecule has 0 spiro atoms. The number of carboxylic acid groups (broad SMARTS) is 1. The molecule has 0 radical (unpaired) electrons. The fourth-order valence-corrected chi connectivity index (χ4v) is 5.26. The Morgan fingerprint density at radius 2 is 1.74 bits per heavy atom. The predicted molar refractivity (Wildman–Crippen MR) is 141 cm³/mol. The number of aromatic nitrogens is 1. The number of piperidine rings is 1. The van der Waals surface area contributed by atoms with Gasteiger partial charge in [0.2, 0.25) is 5.88 Å². The summed E-state index contributed by atoms with van der Waals surface area (Å²) in [5.41, 5.74) is 3.36. The number of carboxylic acids is 1. The smallest absolute Gasteiger partial charge is 0.344 e. The average molecular weight is 517 g/mol. The lowest BCUT2D eigenvalue weighted by atomic mass is 9.98. The number of likely N-dealkylation sites (tertiary alicyclic amines) is 1. The van der Waals surface area contributed by atoms with Crippen molar-refractivity contribution in [2.24, 2.45) is 0 Å². The first-order chi connectivity index (χ1) is 18.4. The summed E-state index contributed by atoms with van der Waals surface area (Å²) in [7, 11) is 1.55. The number of urea groups is 1. The van der Waals surface area contributed by atoms with E-state index in [0.29, 0.717) is 18.2 Å². The van der Waals surface area contributed by atoms with Gasteiger partial charge in [0, 0.05) is 37.4 Å². The Labute approximate surface area is 222 Å². The zero-order valence-electron chi connectivity index (χ0n) is 21.6. The Morgan fingerprint density at radius 3 is 2.37 bits per heavy atom. The van der Waals surface area contributed by atoms with Crippen LogP contribution in [0.4, 0.5) is 4.79 Å². The third-order valence-electron chi connectivity index (χ3n) is 7.35. The number of rotatable bonds is 8. The summed E-state index contributed by atoms with van der Waals surface area (Å²) >= 11 is 0. The number of hydroxylamine groups is 2. The molecule has 1 N–H and O–H groups in total. The highest BCUT2D eigenvalue weighted by molar-refractivity contribution is 5.87. The number of hydrogen-bond acceptors (Lipinski definition) is 6. The minimum absolute atomic E-state index is 0.0143. The molecule has 5 rings (SSSR count). The fourth-order valence-electron chi connectivity index (χ4n) is 5.26. The van der Waals surface area contributed by atoms with Gasteiger partial charge in [-0.2, -0.15) is 0 Å². The minimum Gasteiger partial charge on any atom is -0.478 e. The highest BCUT2D eigenvalue weighted by Gasteiger charge is 2.43. The van der Waals surface area contributed by atoms with Gasteiger partial charge in [0.1, 0.15) is 5.75 Å². The maximum Gasteiger partial charge on any atom is 0.344 e. The number of carbonyl (C=O) groups excluding carboxylic acids is 1. The highest BCUT2D eigenvalue weighted by atomic mass is 16.7. The van der Waals surface area contributed by atoms with Crippen molar-refractivity contribution in [2.75, 3.05) is 26.7 Å². The Hall–Kier alpha value is -3.95. The van der Waals surface area contributed by atoms with Crippen LogP contribution in [0.2, 0.25) is 0 Å². The molecule has 9 heteroatoms. The molecule has 38 heavy (non-hydrogen) atoms. The van der Waals surface area contributed by atoms with Crippen LogP contribution in [-0.4, -0.2) is 69.7 Å². The van der Waals surface area contributed by atoms with E-state index in [1.54, 1.807) is 19.2 Å². The second-order valence-corrected chi connectivity index (χ2v) is 9.69. The second kappa shape index (κ2) is 11.2. The number of aromatic carboxylic acids is 1. The van der Waals surface area contributed by atoms with E-state index >= 15 is 0 Å². The van der Waals surface area contributed by atoms with E-state index in [1.165, 1.54) is 17.2 Å². The number of ether oxygens (including phenoxy) is 1. The van der Waals surface area contributed by atoms with Gasteiger partial charge in [-0.15, -0.1) is 0 Å². The van der Waals surface area contributed by atoms with Gasteiger partial charge in [-0.1, -0.05) is 36.4 Å². The number of benzene rings is 2. The maximum absolute atomic E-state index is 13.1. The molecule has 0 bridgehead atoms. The van der Waals surface area contributed by atoms with Crippen molar-refractivity contribution in [3.05, 3.63) is 89.1 Å². The molecular formula is C29H32N4O5. The molecule has 3 aromatic rings. The van der Waals surface area contributed by atoms with E-state index in [0.717, 1.165) is 49.3 Å². The van der Waals surface area contributed by atoms with Crippen LogP contribution in [0.1, 0.15) is 46.1 Å². The standard InChI is InChI=1S/C29H32N4O5/c1-20-23(10-13-27(30-20)38-25-11-8-22(9-12-25)28(34)35)18-31-16-14-24(15-17-31)33-26(19-32(37-2)29(33)36)21-6-4-3-5-7-21/h3-13,24,26H,14-19H2,1-2H3,(H,34,35)/t26-/m0/s1. The lowest BCUT2D eigenvalue weighted by molar-refractivity contribution is -0.0747. The average Bonchev–Trinajstić information content (AvgIpc) is 3.27. The summed E-state index contributed by atoms with van der Waals surface area (Å²) in [6.07, 6.45) is 1.79. The molecule has 2 aliphatic rings. The van der Waals surface area contributed by atoms with Crippen molar-refractivity contribution in [2.45, 2.75) is 38.4 Å². The van der Waals surface area contributed by atoms with Crippen LogP contribution < -0.4 is 4.74 Å². The molecule has 3 heterocycles. The minimum atomic E-state index is -0.973. The van der Waals surface area contributed by atoms with Crippen molar-refractivity contribution in [3.63, 3.8) is 0 Å². The second-order valence-electron chi connectivity index (χ2n) is 9.69. The van der Waals surface area contributed by atoms with Crippen LogP contribution in [0, 0.1) is 6.92 Å². The molecule has 0 unspecified atom stereocenters. The van der Waals surface area contributed by atoms with Gasteiger partial charge in [0.05, 0.1) is 25.3 Å². The lowest BCUT2D eigenvalue weighted by Gasteiger charge is -2.38. The molecule has 2 aromatic carbocycles.